The molecule has 0 saturated carbocycles. The molecule has 8 heterocycles. The maximum Gasteiger partial charge on any atom is 0.573 e. The lowest BCUT2D eigenvalue weighted by atomic mass is 9.89. The van der Waals surface area contributed by atoms with Crippen LogP contribution in [0.5, 0.6) is 51.9 Å². The Bertz CT molecular complexity index is 5770. The second-order valence-electron chi connectivity index (χ2n) is 23.9. The maximum atomic E-state index is 14.5. The molecule has 11 aromatic rings. The zero-order valence-corrected chi connectivity index (χ0v) is 66.2. The van der Waals surface area contributed by atoms with Crippen LogP contribution in [0.2, 0.25) is 0 Å². The van der Waals surface area contributed by atoms with E-state index < -0.39 is 179 Å². The summed E-state index contributed by atoms with van der Waals surface area (Å²) in [4.78, 5) is 114. The number of carbonyl (C=O) groups excluding carboxylic acids is 3. The Kier molecular flexibility index (Phi) is 39.0. The van der Waals surface area contributed by atoms with Crippen molar-refractivity contribution in [2.75, 3.05) is 28.4 Å². The van der Waals surface area contributed by atoms with Gasteiger partial charge in [-0.3, -0.25) is 29.3 Å². The number of carbonyl (C=O) groups is 3. The smallest absolute Gasteiger partial charge is 0.501 e. The number of aromatic nitrogens is 8. The third kappa shape index (κ3) is 31.2. The van der Waals surface area contributed by atoms with Crippen LogP contribution in [-0.4, -0.2) is 145 Å². The van der Waals surface area contributed by atoms with Crippen LogP contribution < -0.4 is 38.9 Å². The van der Waals surface area contributed by atoms with Crippen LogP contribution in [0.4, 0.5) is 94.9 Å². The molecule has 0 aliphatic rings. The summed E-state index contributed by atoms with van der Waals surface area (Å²) in [6, 6.07) is 26.0. The van der Waals surface area contributed by atoms with Crippen molar-refractivity contribution in [2.45, 2.75) is 63.7 Å². The fraction of sp³-hybridized carbons (Fsp3) is 0.187. The molecule has 0 radical (unpaired) electrons. The number of benzene rings is 3. The molecule has 8 aromatic heterocycles. The van der Waals surface area contributed by atoms with Crippen molar-refractivity contribution >= 4 is 59.5 Å². The molecular formula is C75H60ClF15N14O23. The summed E-state index contributed by atoms with van der Waals surface area (Å²) in [5.74, 6) is -18.2. The number of aliphatic hydroxyl groups excluding tert-OH is 1. The SMILES string of the molecule is CO.COc1ccc(C(=O)C[C@@H](c2ccc(OC(F)(F)F)c(F)c2)c2ncccc2F)nc1[N+](=O)[O-].COc1ccc(C)nc1[N+](=O)[O-].COc1ccc(OC=O)nc1[N+](=O)[O-].Cc1ccc(O)c([N+](=O)[O-])n1.Cl.N[C@@H](c1ccc(OC(F)(F)F)c(F)c1)c1ncccc1F.O=C(C[C@@H](c1ccc(OC(F)(F)F)c(F)c1)c1ncccc1F)c1ccc(O)c([N+](=O)[O-])n1. The molecule has 37 nitrogen and oxygen atoms in total. The summed E-state index contributed by atoms with van der Waals surface area (Å²) in [5.41, 5.74) is 5.17. The lowest BCUT2D eigenvalue weighted by molar-refractivity contribution is -0.390. The van der Waals surface area contributed by atoms with E-state index in [1.165, 1.54) is 88.5 Å². The van der Waals surface area contributed by atoms with Gasteiger partial charge in [-0.1, -0.05) is 18.2 Å². The quantitative estimate of drug-likeness (QED) is 0.0136. The molecule has 0 unspecified atom stereocenters. The first-order valence-electron chi connectivity index (χ1n) is 34.2. The van der Waals surface area contributed by atoms with Crippen LogP contribution in [0.15, 0.2) is 170 Å². The monoisotopic (exact) mass is 1840 g/mol. The minimum atomic E-state index is -5.15. The van der Waals surface area contributed by atoms with Crippen molar-refractivity contribution in [1.29, 1.82) is 0 Å². The number of ketones is 2. The number of nitro groups is 5. The van der Waals surface area contributed by atoms with Crippen LogP contribution in [0, 0.1) is 99.3 Å². The molecule has 0 fully saturated rings. The summed E-state index contributed by atoms with van der Waals surface area (Å²) in [6.07, 6.45) is -12.8. The summed E-state index contributed by atoms with van der Waals surface area (Å²) in [7, 11) is 4.83. The molecule has 3 aromatic carbocycles. The number of aryl methyl sites for hydroxylation is 2. The minimum Gasteiger partial charge on any atom is -0.501 e. The van der Waals surface area contributed by atoms with E-state index in [-0.39, 0.29) is 87.3 Å². The Hall–Kier alpha value is -15.8. The normalized spacial score (nSPS) is 11.3. The van der Waals surface area contributed by atoms with Gasteiger partial charge in [0.05, 0.1) is 44.5 Å². The Labute approximate surface area is 712 Å². The lowest BCUT2D eigenvalue weighted by Gasteiger charge is -2.18. The fourth-order valence-corrected chi connectivity index (χ4v) is 10.1. The Morgan fingerprint density at radius 1 is 0.414 bits per heavy atom. The number of aromatic hydroxyl groups is 2. The Morgan fingerprint density at radius 3 is 1.06 bits per heavy atom. The van der Waals surface area contributed by atoms with E-state index in [0.29, 0.717) is 35.7 Å². The van der Waals surface area contributed by atoms with Crippen molar-refractivity contribution in [2.24, 2.45) is 5.73 Å². The number of hydrogen-bond donors (Lipinski definition) is 4. The van der Waals surface area contributed by atoms with Crippen molar-refractivity contribution < 1.29 is 153 Å². The van der Waals surface area contributed by atoms with Crippen molar-refractivity contribution in [1.82, 2.24) is 39.9 Å². The summed E-state index contributed by atoms with van der Waals surface area (Å²) >= 11 is 0. The minimum absolute atomic E-state index is 0. The molecule has 53 heteroatoms. The summed E-state index contributed by atoms with van der Waals surface area (Å²) in [5, 5.41) is 78.5. The second-order valence-corrected chi connectivity index (χ2v) is 23.9. The first-order chi connectivity index (χ1) is 59.7. The van der Waals surface area contributed by atoms with Crippen molar-refractivity contribution in [3.63, 3.8) is 0 Å². The number of hydrogen-bond acceptors (Lipinski definition) is 32. The van der Waals surface area contributed by atoms with Crippen molar-refractivity contribution in [3.05, 3.63) is 312 Å². The van der Waals surface area contributed by atoms with Crippen LogP contribution in [-0.2, 0) is 4.79 Å². The third-order valence-electron chi connectivity index (χ3n) is 15.5. The third-order valence-corrected chi connectivity index (χ3v) is 15.5. The maximum absolute atomic E-state index is 14.5. The number of halogens is 16. The highest BCUT2D eigenvalue weighted by atomic mass is 35.5. The Balaban J connectivity index is 0.000000337. The topological polar surface area (TPSA) is 521 Å². The zero-order chi connectivity index (χ0) is 95.1. The molecule has 5 N–H and O–H groups in total. The lowest BCUT2D eigenvalue weighted by Crippen LogP contribution is -2.19. The first kappa shape index (κ1) is 105. The first-order valence-corrected chi connectivity index (χ1v) is 34.2. The van der Waals surface area contributed by atoms with Gasteiger partial charge >= 0.3 is 60.5 Å². The number of alkyl halides is 9. The highest BCUT2D eigenvalue weighted by molar-refractivity contribution is 5.96. The van der Waals surface area contributed by atoms with Gasteiger partial charge < -0.3 is 105 Å². The van der Waals surface area contributed by atoms with Crippen molar-refractivity contribution in [3.8, 4) is 51.9 Å². The molecule has 3 atom stereocenters. The van der Waals surface area contributed by atoms with Gasteiger partial charge in [0.15, 0.2) is 34.7 Å². The van der Waals surface area contributed by atoms with E-state index in [1.807, 2.05) is 0 Å². The van der Waals surface area contributed by atoms with E-state index in [0.717, 1.165) is 79.9 Å². The van der Waals surface area contributed by atoms with Gasteiger partial charge in [0, 0.05) is 75.3 Å². The number of methoxy groups -OCH3 is 3. The zero-order valence-electron chi connectivity index (χ0n) is 65.4. The number of nitrogens with zero attached hydrogens (tertiary/aromatic N) is 13. The molecule has 0 aliphatic carbocycles. The van der Waals surface area contributed by atoms with Gasteiger partial charge in [0.25, 0.3) is 0 Å². The van der Waals surface area contributed by atoms with Gasteiger partial charge in [0.2, 0.25) is 51.7 Å². The number of nitrogens with two attached hydrogens (primary N) is 1. The predicted octanol–water partition coefficient (Wildman–Crippen LogP) is 15.8. The molecule has 128 heavy (non-hydrogen) atoms. The molecule has 680 valence electrons. The van der Waals surface area contributed by atoms with Gasteiger partial charge in [-0.05, 0) is 189 Å². The Morgan fingerprint density at radius 2 is 0.711 bits per heavy atom. The largest absolute Gasteiger partial charge is 0.573 e. The molecule has 0 aliphatic heterocycles. The number of pyridine rings is 8. The van der Waals surface area contributed by atoms with E-state index in [9.17, 15) is 136 Å². The molecule has 11 rings (SSSR count). The van der Waals surface area contributed by atoms with E-state index in [2.05, 4.69) is 58.8 Å². The van der Waals surface area contributed by atoms with Gasteiger partial charge in [-0.2, -0.15) is 0 Å². The van der Waals surface area contributed by atoms with Gasteiger partial charge in [-0.15, -0.1) is 51.9 Å². The van der Waals surface area contributed by atoms with Gasteiger partial charge in [0.1, 0.15) is 28.8 Å². The summed E-state index contributed by atoms with van der Waals surface area (Å²) in [6.45, 7) is 3.44. The van der Waals surface area contributed by atoms with E-state index >= 15 is 0 Å². The predicted molar refractivity (Wildman–Crippen MR) is 408 cm³/mol. The van der Waals surface area contributed by atoms with Crippen LogP contribution in [0.25, 0.3) is 0 Å². The highest BCUT2D eigenvalue weighted by Crippen LogP contribution is 2.39. The number of rotatable bonds is 25. The molecular weight excluding hydrogens is 1790 g/mol. The number of ether oxygens (including phenoxy) is 7. The van der Waals surface area contributed by atoms with Crippen LogP contribution in [0.1, 0.15) is 96.9 Å². The van der Waals surface area contributed by atoms with E-state index in [4.69, 9.17) is 30.2 Å². The molecule has 0 bridgehead atoms. The fourth-order valence-electron chi connectivity index (χ4n) is 10.1. The highest BCUT2D eigenvalue weighted by Gasteiger charge is 2.37. The second kappa shape index (κ2) is 47.8. The average molecular weight is 1850 g/mol. The van der Waals surface area contributed by atoms with Crippen LogP contribution in [0.3, 0.4) is 0 Å². The summed E-state index contributed by atoms with van der Waals surface area (Å²) < 4.78 is 224. The average Bonchev–Trinajstić information content (AvgIpc) is 0.799. The number of Topliss-reactive ketones (excluding diaryl/α,β-unsaturated/α-hetero) is 2. The molecule has 0 spiro atoms. The number of aliphatic hydroxyl groups is 1. The van der Waals surface area contributed by atoms with Crippen LogP contribution >= 0.6 is 12.4 Å². The van der Waals surface area contributed by atoms with Gasteiger partial charge in [-0.25, -0.2) is 26.3 Å². The molecule has 0 saturated heterocycles. The van der Waals surface area contributed by atoms with E-state index in [1.54, 1.807) is 19.9 Å². The molecule has 0 amide bonds. The standard InChI is InChI=1S/C21H14F5N3O5.C20H12F5N3O5.C13H9F5N2O.C7H6N2O5.C7H8N2O3.C6H6N2O3.CH4O.ClH/c1-33-18-7-5-15(28-20(18)29(31)32)16(30)10-12(19-13(22)3-2-8-27-19)11-4-6-17(14(23)9-11)34-21(24,25)26;21-12-2-1-7-26-18(12)11(10-3-6-17(13(22)8-10)33-20(23,24)25)9-16(30)14-4-5-15(29)19(27-14)28(31)32;14-8-2-1-5-20-12(8)11(19)7-3-4-10(9(15)6-7)21-13(16,17)18;1-13-5-2-3-6(14-4-10)8-7(5)9(11)12;1-5-3-4-6(12-2)7(8-5)9(10)11;1-4-2-3-5(9)6(7-4)8(10)11;1-2;/h2-9,12H,10H2,1H3;1-8,11,29H,9H2;1-6,11H,19H2;2-4H,1H3;3-4H,1-2H3;2-3,9H,1H3;2H,1H3;1H/t12-;2*11-;;;;;/m000...../s1.